The zero-order chi connectivity index (χ0) is 30.7. The second-order valence-electron chi connectivity index (χ2n) is 13.2. The molecule has 226 valence electrons. The molecule has 1 saturated heterocycles. The third-order valence-corrected chi connectivity index (χ3v) is 9.34. The predicted octanol–water partition coefficient (Wildman–Crippen LogP) is 5.72. The molecule has 0 radical (unpaired) electrons. The van der Waals surface area contributed by atoms with Crippen LogP contribution in [0, 0.1) is 11.2 Å². The number of primary amides is 1. The number of hydrogen-bond acceptors (Lipinski definition) is 6. The number of rotatable bonds is 7. The number of amides is 2. The molecular weight excluding hydrogens is 569 g/mol. The zero-order valence-corrected chi connectivity index (χ0v) is 25.5. The van der Waals surface area contributed by atoms with Gasteiger partial charge in [0.15, 0.2) is 0 Å². The highest BCUT2D eigenvalue weighted by Crippen LogP contribution is 2.57. The summed E-state index contributed by atoms with van der Waals surface area (Å²) in [6, 6.07) is 10.7. The number of benzene rings is 2. The van der Waals surface area contributed by atoms with E-state index in [0.717, 1.165) is 36.2 Å². The molecule has 2 amide bonds. The lowest BCUT2D eigenvalue weighted by atomic mass is 9.63. The van der Waals surface area contributed by atoms with Crippen molar-refractivity contribution in [1.29, 1.82) is 0 Å². The van der Waals surface area contributed by atoms with Crippen LogP contribution in [-0.2, 0) is 10.2 Å². The molecule has 43 heavy (non-hydrogen) atoms. The summed E-state index contributed by atoms with van der Waals surface area (Å²) >= 11 is 6.35. The molecule has 3 aliphatic rings. The summed E-state index contributed by atoms with van der Waals surface area (Å²) in [4.78, 5) is 30.9. The molecule has 1 aromatic heterocycles. The fourth-order valence-electron chi connectivity index (χ4n) is 6.95. The maximum absolute atomic E-state index is 16.0. The highest BCUT2D eigenvalue weighted by atomic mass is 35.5. The molecule has 10 heteroatoms. The molecule has 1 saturated carbocycles. The number of anilines is 2. The molecule has 8 nitrogen and oxygen atoms in total. The standard InChI is InChI=1S/C33H37ClFN5O3/c1-32(2,3)14-26-33(16-38-24-13-23(17-8-9-17)37-15-20(24)33)27(19-6-5-7-21(34)28(19)35)29(40-26)31(42)39-22-11-10-18(30(36)41)12-25(22)43-4/h5-7,10-13,15,17,26-27,29,38,40H,8-9,14,16H2,1-4H3,(H2,36,41)(H,39,42)/t26-,27-,29+,33-/m0/s1. The summed E-state index contributed by atoms with van der Waals surface area (Å²) in [7, 11) is 1.45. The van der Waals surface area contributed by atoms with E-state index in [1.807, 2.05) is 6.20 Å². The molecule has 1 spiro atoms. The van der Waals surface area contributed by atoms with Gasteiger partial charge >= 0.3 is 0 Å². The Hall–Kier alpha value is -3.69. The van der Waals surface area contributed by atoms with Gasteiger partial charge in [0.05, 0.1) is 23.9 Å². The highest BCUT2D eigenvalue weighted by molar-refractivity contribution is 6.30. The smallest absolute Gasteiger partial charge is 0.248 e. The third-order valence-electron chi connectivity index (χ3n) is 9.04. The lowest BCUT2D eigenvalue weighted by molar-refractivity contribution is -0.118. The van der Waals surface area contributed by atoms with Gasteiger partial charge in [-0.3, -0.25) is 14.6 Å². The van der Waals surface area contributed by atoms with Crippen LogP contribution in [0.3, 0.4) is 0 Å². The summed E-state index contributed by atoms with van der Waals surface area (Å²) < 4.78 is 21.5. The Labute approximate surface area is 255 Å². The number of fused-ring (bicyclic) bond motifs is 2. The zero-order valence-electron chi connectivity index (χ0n) is 24.8. The lowest BCUT2D eigenvalue weighted by Gasteiger charge is -2.39. The quantitative estimate of drug-likeness (QED) is 0.274. The topological polar surface area (TPSA) is 118 Å². The van der Waals surface area contributed by atoms with E-state index in [1.54, 1.807) is 18.2 Å². The van der Waals surface area contributed by atoms with Crippen LogP contribution in [0.2, 0.25) is 5.02 Å². The van der Waals surface area contributed by atoms with Crippen LogP contribution in [0.25, 0.3) is 0 Å². The summed E-state index contributed by atoms with van der Waals surface area (Å²) in [5.41, 5.74) is 8.65. The van der Waals surface area contributed by atoms with Gasteiger partial charge < -0.3 is 26.4 Å². The van der Waals surface area contributed by atoms with Crippen molar-refractivity contribution in [1.82, 2.24) is 10.3 Å². The Morgan fingerprint density at radius 3 is 2.65 bits per heavy atom. The predicted molar refractivity (Wildman–Crippen MR) is 165 cm³/mol. The van der Waals surface area contributed by atoms with Crippen LogP contribution in [0.15, 0.2) is 48.7 Å². The van der Waals surface area contributed by atoms with Crippen LogP contribution in [0.4, 0.5) is 15.8 Å². The summed E-state index contributed by atoms with van der Waals surface area (Å²) in [6.45, 7) is 6.98. The molecular formula is C33H37ClFN5O3. The van der Waals surface area contributed by atoms with E-state index >= 15 is 4.39 Å². The van der Waals surface area contributed by atoms with Crippen molar-refractivity contribution in [2.45, 2.75) is 69.4 Å². The van der Waals surface area contributed by atoms with E-state index < -0.39 is 29.1 Å². The number of ether oxygens (including phenoxy) is 1. The van der Waals surface area contributed by atoms with Gasteiger partial charge in [0, 0.05) is 58.5 Å². The second kappa shape index (κ2) is 10.8. The lowest BCUT2D eigenvalue weighted by Crippen LogP contribution is -2.46. The van der Waals surface area contributed by atoms with Crippen molar-refractivity contribution in [2.24, 2.45) is 11.1 Å². The van der Waals surface area contributed by atoms with Gasteiger partial charge in [-0.15, -0.1) is 0 Å². The van der Waals surface area contributed by atoms with Crippen molar-refractivity contribution < 1.29 is 18.7 Å². The molecule has 3 heterocycles. The van der Waals surface area contributed by atoms with Crippen LogP contribution in [-0.4, -0.2) is 42.5 Å². The molecule has 0 bridgehead atoms. The molecule has 2 aliphatic heterocycles. The molecule has 0 unspecified atom stereocenters. The Balaban J connectivity index is 1.48. The van der Waals surface area contributed by atoms with Crippen molar-refractivity contribution in [3.63, 3.8) is 0 Å². The second-order valence-corrected chi connectivity index (χ2v) is 13.6. The van der Waals surface area contributed by atoms with Crippen molar-refractivity contribution in [3.8, 4) is 5.75 Å². The van der Waals surface area contributed by atoms with E-state index in [4.69, 9.17) is 27.1 Å². The van der Waals surface area contributed by atoms with E-state index in [-0.39, 0.29) is 28.0 Å². The number of methoxy groups -OCH3 is 1. The monoisotopic (exact) mass is 605 g/mol. The largest absolute Gasteiger partial charge is 0.495 e. The number of halogens is 2. The SMILES string of the molecule is COc1cc(C(N)=O)ccc1NC(=O)[C@@H]1N[C@@H](CC(C)(C)C)[C@@]2(CNc3cc(C4CC4)ncc32)[C@H]1c1cccc(Cl)c1F. The molecule has 3 aromatic rings. The fourth-order valence-corrected chi connectivity index (χ4v) is 7.13. The Bertz CT molecular complexity index is 1600. The highest BCUT2D eigenvalue weighted by Gasteiger charge is 2.62. The minimum atomic E-state index is -0.836. The maximum atomic E-state index is 16.0. The first kappa shape index (κ1) is 29.4. The first-order chi connectivity index (χ1) is 20.4. The van der Waals surface area contributed by atoms with Crippen LogP contribution in [0.1, 0.15) is 79.0 Å². The maximum Gasteiger partial charge on any atom is 0.248 e. The van der Waals surface area contributed by atoms with Crippen LogP contribution < -0.4 is 26.4 Å². The first-order valence-electron chi connectivity index (χ1n) is 14.7. The average molecular weight is 606 g/mol. The van der Waals surface area contributed by atoms with Gasteiger partial charge in [-0.2, -0.15) is 0 Å². The number of nitrogens with zero attached hydrogens (tertiary/aromatic N) is 1. The first-order valence-corrected chi connectivity index (χ1v) is 15.0. The van der Waals surface area contributed by atoms with Gasteiger partial charge in [-0.25, -0.2) is 4.39 Å². The molecule has 5 N–H and O–H groups in total. The fraction of sp³-hybridized carbons (Fsp3) is 0.424. The number of nitrogens with one attached hydrogen (secondary N) is 3. The van der Waals surface area contributed by atoms with Crippen molar-refractivity contribution in [2.75, 3.05) is 24.3 Å². The number of carbonyl (C=O) groups excluding carboxylic acids is 2. The molecule has 6 rings (SSSR count). The number of aromatic nitrogens is 1. The minimum Gasteiger partial charge on any atom is -0.495 e. The Morgan fingerprint density at radius 1 is 1.21 bits per heavy atom. The Kier molecular flexibility index (Phi) is 7.37. The van der Waals surface area contributed by atoms with E-state index in [0.29, 0.717) is 29.5 Å². The molecule has 4 atom stereocenters. The number of carbonyl (C=O) groups is 2. The minimum absolute atomic E-state index is 0.00294. The van der Waals surface area contributed by atoms with Crippen LogP contribution in [0.5, 0.6) is 5.75 Å². The summed E-state index contributed by atoms with van der Waals surface area (Å²) in [5, 5.41) is 10.2. The number of hydrogen-bond donors (Lipinski definition) is 4. The van der Waals surface area contributed by atoms with E-state index in [2.05, 4.69) is 42.8 Å². The van der Waals surface area contributed by atoms with Gasteiger partial charge in [-0.05, 0) is 60.6 Å². The number of pyridine rings is 1. The van der Waals surface area contributed by atoms with Gasteiger partial charge in [0.1, 0.15) is 11.6 Å². The normalized spacial score (nSPS) is 24.5. The van der Waals surface area contributed by atoms with Crippen molar-refractivity contribution in [3.05, 3.63) is 81.9 Å². The number of nitrogens with two attached hydrogens (primary N) is 1. The van der Waals surface area contributed by atoms with Crippen LogP contribution >= 0.6 is 11.6 Å². The third kappa shape index (κ3) is 5.23. The van der Waals surface area contributed by atoms with E-state index in [9.17, 15) is 9.59 Å². The van der Waals surface area contributed by atoms with E-state index in [1.165, 1.54) is 25.3 Å². The van der Waals surface area contributed by atoms with Gasteiger partial charge in [0.25, 0.3) is 0 Å². The molecule has 1 aliphatic carbocycles. The Morgan fingerprint density at radius 2 is 1.98 bits per heavy atom. The molecule has 2 aromatic carbocycles. The summed E-state index contributed by atoms with van der Waals surface area (Å²) in [6.07, 6.45) is 4.92. The van der Waals surface area contributed by atoms with Crippen molar-refractivity contribution >= 4 is 34.8 Å². The van der Waals surface area contributed by atoms with Gasteiger partial charge in [-0.1, -0.05) is 44.5 Å². The average Bonchev–Trinajstić information content (AvgIpc) is 3.68. The van der Waals surface area contributed by atoms with Gasteiger partial charge in [0.2, 0.25) is 11.8 Å². The summed E-state index contributed by atoms with van der Waals surface area (Å²) in [5.74, 6) is -1.37. The molecule has 2 fully saturated rings.